The van der Waals surface area contributed by atoms with Gasteiger partial charge in [-0.3, -0.25) is 0 Å². The summed E-state index contributed by atoms with van der Waals surface area (Å²) in [5.74, 6) is -0.463. The first-order valence-corrected chi connectivity index (χ1v) is 3.39. The van der Waals surface area contributed by atoms with Gasteiger partial charge in [-0.2, -0.15) is 5.10 Å². The lowest BCUT2D eigenvalue weighted by molar-refractivity contribution is 0.528. The Morgan fingerprint density at radius 3 is 2.50 bits per heavy atom. The van der Waals surface area contributed by atoms with Crippen molar-refractivity contribution in [2.45, 2.75) is 19.9 Å². The van der Waals surface area contributed by atoms with Gasteiger partial charge in [0.2, 0.25) is 0 Å². The van der Waals surface area contributed by atoms with Crippen molar-refractivity contribution >= 4 is 11.6 Å². The van der Waals surface area contributed by atoms with Crippen LogP contribution in [0.2, 0.25) is 5.15 Å². The molecule has 0 amide bonds. The van der Waals surface area contributed by atoms with E-state index < -0.39 is 5.82 Å². The molecule has 0 unspecified atom stereocenters. The van der Waals surface area contributed by atoms with Gasteiger partial charge < -0.3 is 0 Å². The van der Waals surface area contributed by atoms with Crippen molar-refractivity contribution in [2.24, 2.45) is 0 Å². The summed E-state index contributed by atoms with van der Waals surface area (Å²) in [4.78, 5) is 0. The fourth-order valence-corrected chi connectivity index (χ4v) is 0.974. The summed E-state index contributed by atoms with van der Waals surface area (Å²) in [6.45, 7) is 3.77. The van der Waals surface area contributed by atoms with E-state index in [1.807, 2.05) is 13.8 Å². The molecule has 0 fully saturated rings. The van der Waals surface area contributed by atoms with Crippen LogP contribution in [0.3, 0.4) is 0 Å². The van der Waals surface area contributed by atoms with E-state index in [2.05, 4.69) is 5.10 Å². The smallest absolute Gasteiger partial charge is 0.180 e. The van der Waals surface area contributed by atoms with Gasteiger partial charge >= 0.3 is 0 Å². The summed E-state index contributed by atoms with van der Waals surface area (Å²) >= 11 is 5.53. The first-order chi connectivity index (χ1) is 4.63. The Morgan fingerprint density at radius 2 is 2.30 bits per heavy atom. The van der Waals surface area contributed by atoms with Crippen LogP contribution < -0.4 is 0 Å². The van der Waals surface area contributed by atoms with E-state index in [9.17, 15) is 4.39 Å². The van der Waals surface area contributed by atoms with E-state index in [1.54, 1.807) is 0 Å². The van der Waals surface area contributed by atoms with Gasteiger partial charge in [-0.15, -0.1) is 0 Å². The largest absolute Gasteiger partial charge is 0.249 e. The zero-order valence-electron chi connectivity index (χ0n) is 5.81. The number of hydrogen-bond acceptors (Lipinski definition) is 1. The van der Waals surface area contributed by atoms with E-state index in [0.29, 0.717) is 0 Å². The van der Waals surface area contributed by atoms with E-state index in [0.717, 1.165) is 6.20 Å². The second kappa shape index (κ2) is 2.58. The standard InChI is InChI=1S/C6H8ClFN2/c1-4(2)10-6(7)5(8)3-9-10/h3-4H,1-2H3. The summed E-state index contributed by atoms with van der Waals surface area (Å²) in [5, 5.41) is 3.80. The predicted octanol–water partition coefficient (Wildman–Crippen LogP) is 2.26. The van der Waals surface area contributed by atoms with Crippen molar-refractivity contribution in [3.8, 4) is 0 Å². The molecule has 0 N–H and O–H groups in total. The molecule has 0 aromatic carbocycles. The van der Waals surface area contributed by atoms with Crippen LogP contribution >= 0.6 is 11.6 Å². The molecule has 0 radical (unpaired) electrons. The zero-order chi connectivity index (χ0) is 7.72. The predicted molar refractivity (Wildman–Crippen MR) is 37.6 cm³/mol. The molecule has 10 heavy (non-hydrogen) atoms. The minimum absolute atomic E-state index is 0.0787. The minimum atomic E-state index is -0.463. The molecule has 0 aliphatic rings. The van der Waals surface area contributed by atoms with E-state index >= 15 is 0 Å². The Morgan fingerprint density at radius 1 is 1.70 bits per heavy atom. The highest BCUT2D eigenvalue weighted by Gasteiger charge is 2.08. The molecule has 1 heterocycles. The molecule has 0 aliphatic carbocycles. The highest BCUT2D eigenvalue weighted by atomic mass is 35.5. The maximum Gasteiger partial charge on any atom is 0.180 e. The number of aromatic nitrogens is 2. The molecular weight excluding hydrogens is 155 g/mol. The summed E-state index contributed by atoms with van der Waals surface area (Å²) in [6.07, 6.45) is 1.11. The Hall–Kier alpha value is -0.570. The molecule has 56 valence electrons. The minimum Gasteiger partial charge on any atom is -0.249 e. The summed E-state index contributed by atoms with van der Waals surface area (Å²) in [5.41, 5.74) is 0. The summed E-state index contributed by atoms with van der Waals surface area (Å²) < 4.78 is 13.9. The third kappa shape index (κ3) is 1.14. The molecule has 0 saturated carbocycles. The van der Waals surface area contributed by atoms with Crippen LogP contribution in [-0.4, -0.2) is 9.78 Å². The molecule has 0 saturated heterocycles. The van der Waals surface area contributed by atoms with Crippen LogP contribution in [0.5, 0.6) is 0 Å². The van der Waals surface area contributed by atoms with Crippen molar-refractivity contribution in [1.82, 2.24) is 9.78 Å². The second-order valence-electron chi connectivity index (χ2n) is 2.32. The molecule has 1 aromatic rings. The SMILES string of the molecule is CC(C)n1ncc(F)c1Cl. The maximum absolute atomic E-state index is 12.5. The molecule has 0 spiro atoms. The van der Waals surface area contributed by atoms with Gasteiger partial charge in [0.1, 0.15) is 0 Å². The molecular formula is C6H8ClFN2. The average Bonchev–Trinajstić information content (AvgIpc) is 2.14. The van der Waals surface area contributed by atoms with Crippen molar-refractivity contribution in [3.05, 3.63) is 17.2 Å². The van der Waals surface area contributed by atoms with Gasteiger partial charge in [-0.05, 0) is 13.8 Å². The lowest BCUT2D eigenvalue weighted by Gasteiger charge is -2.04. The lowest BCUT2D eigenvalue weighted by atomic mass is 10.4. The van der Waals surface area contributed by atoms with Gasteiger partial charge in [0.05, 0.1) is 6.20 Å². The Bertz CT molecular complexity index is 232. The van der Waals surface area contributed by atoms with Crippen molar-refractivity contribution in [3.63, 3.8) is 0 Å². The van der Waals surface area contributed by atoms with Gasteiger partial charge in [0.15, 0.2) is 11.0 Å². The van der Waals surface area contributed by atoms with Crippen LogP contribution in [0, 0.1) is 5.82 Å². The summed E-state index contributed by atoms with van der Waals surface area (Å²) in [6, 6.07) is 0.108. The number of halogens is 2. The first kappa shape index (κ1) is 7.54. The quantitative estimate of drug-likeness (QED) is 0.620. The van der Waals surface area contributed by atoms with Crippen LogP contribution in [0.15, 0.2) is 6.20 Å². The lowest BCUT2D eigenvalue weighted by Crippen LogP contribution is -2.02. The van der Waals surface area contributed by atoms with Crippen molar-refractivity contribution in [1.29, 1.82) is 0 Å². The molecule has 0 atom stereocenters. The van der Waals surface area contributed by atoms with Gasteiger partial charge in [-0.25, -0.2) is 9.07 Å². The average molecular weight is 163 g/mol. The fraction of sp³-hybridized carbons (Fsp3) is 0.500. The van der Waals surface area contributed by atoms with Crippen LogP contribution in [0.4, 0.5) is 4.39 Å². The Labute approximate surface area is 63.6 Å². The number of nitrogens with zero attached hydrogens (tertiary/aromatic N) is 2. The Balaban J connectivity index is 3.05. The monoisotopic (exact) mass is 162 g/mol. The van der Waals surface area contributed by atoms with Crippen molar-refractivity contribution < 1.29 is 4.39 Å². The van der Waals surface area contributed by atoms with Gasteiger partial charge in [-0.1, -0.05) is 11.6 Å². The summed E-state index contributed by atoms with van der Waals surface area (Å²) in [7, 11) is 0. The van der Waals surface area contributed by atoms with Crippen LogP contribution in [0.1, 0.15) is 19.9 Å². The first-order valence-electron chi connectivity index (χ1n) is 3.01. The molecule has 1 aromatic heterocycles. The van der Waals surface area contributed by atoms with E-state index in [4.69, 9.17) is 11.6 Å². The zero-order valence-corrected chi connectivity index (χ0v) is 6.56. The fourth-order valence-electron chi connectivity index (χ4n) is 0.686. The molecule has 0 bridgehead atoms. The van der Waals surface area contributed by atoms with Crippen molar-refractivity contribution in [2.75, 3.05) is 0 Å². The van der Waals surface area contributed by atoms with Gasteiger partial charge in [0, 0.05) is 6.04 Å². The maximum atomic E-state index is 12.5. The Kier molecular flexibility index (Phi) is 1.94. The number of rotatable bonds is 1. The highest BCUT2D eigenvalue weighted by Crippen LogP contribution is 2.16. The van der Waals surface area contributed by atoms with E-state index in [1.165, 1.54) is 4.68 Å². The topological polar surface area (TPSA) is 17.8 Å². The normalized spacial score (nSPS) is 10.9. The van der Waals surface area contributed by atoms with E-state index in [-0.39, 0.29) is 11.2 Å². The molecule has 2 nitrogen and oxygen atoms in total. The number of hydrogen-bond donors (Lipinski definition) is 0. The molecule has 1 rings (SSSR count). The second-order valence-corrected chi connectivity index (χ2v) is 2.68. The molecule has 0 aliphatic heterocycles. The highest BCUT2D eigenvalue weighted by molar-refractivity contribution is 6.29. The molecule has 4 heteroatoms. The van der Waals surface area contributed by atoms with Crippen LogP contribution in [-0.2, 0) is 0 Å². The third-order valence-corrected chi connectivity index (χ3v) is 1.54. The van der Waals surface area contributed by atoms with Crippen LogP contribution in [0.25, 0.3) is 0 Å². The third-order valence-electron chi connectivity index (χ3n) is 1.18. The van der Waals surface area contributed by atoms with Gasteiger partial charge in [0.25, 0.3) is 0 Å².